The monoisotopic (exact) mass is 350 g/mol. The van der Waals surface area contributed by atoms with E-state index in [0.717, 1.165) is 25.1 Å². The zero-order valence-corrected chi connectivity index (χ0v) is 13.7. The first kappa shape index (κ1) is 18.4. The maximum atomic E-state index is 12.2. The molecule has 1 aliphatic heterocycles. The van der Waals surface area contributed by atoms with Gasteiger partial charge in [0.05, 0.1) is 0 Å². The van der Waals surface area contributed by atoms with E-state index in [2.05, 4.69) is 16.6 Å². The number of rotatable bonds is 3. The molecule has 1 saturated heterocycles. The summed E-state index contributed by atoms with van der Waals surface area (Å²) in [7, 11) is 0. The number of halogens is 4. The first-order valence-electron chi connectivity index (χ1n) is 7.69. The van der Waals surface area contributed by atoms with Crippen LogP contribution in [-0.2, 0) is 0 Å². The largest absolute Gasteiger partial charge is 0.573 e. The van der Waals surface area contributed by atoms with Crippen molar-refractivity contribution in [2.45, 2.75) is 38.2 Å². The third-order valence-electron chi connectivity index (χ3n) is 5.08. The molecule has 0 bridgehead atoms. The van der Waals surface area contributed by atoms with Crippen LogP contribution in [0.15, 0.2) is 24.3 Å². The van der Waals surface area contributed by atoms with Crippen LogP contribution >= 0.6 is 12.4 Å². The molecule has 3 rings (SSSR count). The lowest BCUT2D eigenvalue weighted by Gasteiger charge is -2.26. The number of ether oxygens (including phenoxy) is 1. The van der Waals surface area contributed by atoms with Crippen molar-refractivity contribution < 1.29 is 17.9 Å². The molecule has 23 heavy (non-hydrogen) atoms. The third-order valence-corrected chi connectivity index (χ3v) is 5.08. The molecule has 1 aromatic rings. The van der Waals surface area contributed by atoms with Gasteiger partial charge in [0, 0.05) is 25.2 Å². The first-order chi connectivity index (χ1) is 10.3. The normalized spacial score (nSPS) is 29.0. The fourth-order valence-corrected chi connectivity index (χ4v) is 3.82. The van der Waals surface area contributed by atoms with Gasteiger partial charge in [-0.05, 0) is 49.3 Å². The minimum Gasteiger partial charge on any atom is -0.406 e. The average Bonchev–Trinajstić information content (AvgIpc) is 3.00. The van der Waals surface area contributed by atoms with Crippen molar-refractivity contribution in [1.29, 1.82) is 0 Å². The van der Waals surface area contributed by atoms with Crippen LogP contribution in [0, 0.1) is 11.8 Å². The van der Waals surface area contributed by atoms with Gasteiger partial charge in [-0.15, -0.1) is 25.6 Å². The van der Waals surface area contributed by atoms with Gasteiger partial charge in [-0.25, -0.2) is 0 Å². The Labute approximate surface area is 140 Å². The highest BCUT2D eigenvalue weighted by Crippen LogP contribution is 2.40. The van der Waals surface area contributed by atoms with Crippen molar-refractivity contribution in [3.63, 3.8) is 0 Å². The summed E-state index contributed by atoms with van der Waals surface area (Å²) in [5.74, 6) is 1.06. The van der Waals surface area contributed by atoms with E-state index >= 15 is 0 Å². The van der Waals surface area contributed by atoms with E-state index in [-0.39, 0.29) is 24.2 Å². The second-order valence-electron chi connectivity index (χ2n) is 6.41. The Balaban J connectivity index is 0.00000192. The van der Waals surface area contributed by atoms with Crippen molar-refractivity contribution in [3.8, 4) is 5.75 Å². The molecule has 2 N–H and O–H groups in total. The van der Waals surface area contributed by atoms with Crippen molar-refractivity contribution in [1.82, 2.24) is 4.90 Å². The number of hydrogen-bond donors (Lipinski definition) is 1. The summed E-state index contributed by atoms with van der Waals surface area (Å²) in [5, 5.41) is 0. The van der Waals surface area contributed by atoms with Gasteiger partial charge >= 0.3 is 6.36 Å². The van der Waals surface area contributed by atoms with Gasteiger partial charge in [0.2, 0.25) is 0 Å². The number of alkyl halides is 3. The van der Waals surface area contributed by atoms with Crippen molar-refractivity contribution in [3.05, 3.63) is 29.8 Å². The molecule has 4 atom stereocenters. The van der Waals surface area contributed by atoms with E-state index in [1.807, 2.05) is 0 Å². The van der Waals surface area contributed by atoms with E-state index < -0.39 is 6.36 Å². The predicted molar refractivity (Wildman–Crippen MR) is 84.6 cm³/mol. The molecule has 4 unspecified atom stereocenters. The zero-order chi connectivity index (χ0) is 15.9. The van der Waals surface area contributed by atoms with Crippen LogP contribution in [0.25, 0.3) is 0 Å². The number of benzene rings is 1. The van der Waals surface area contributed by atoms with Gasteiger partial charge in [0.15, 0.2) is 0 Å². The summed E-state index contributed by atoms with van der Waals surface area (Å²) < 4.78 is 40.4. The SMILES string of the molecule is CC(c1ccc(OC(F)(F)F)cc1)N1CC2CCC(N)C2C1.Cl. The van der Waals surface area contributed by atoms with Crippen LogP contribution in [0.2, 0.25) is 0 Å². The van der Waals surface area contributed by atoms with Gasteiger partial charge in [-0.3, -0.25) is 4.90 Å². The van der Waals surface area contributed by atoms with E-state index in [1.165, 1.54) is 18.6 Å². The van der Waals surface area contributed by atoms with Crippen LogP contribution in [0.4, 0.5) is 13.2 Å². The maximum absolute atomic E-state index is 12.2. The summed E-state index contributed by atoms with van der Waals surface area (Å²) in [6.07, 6.45) is -2.34. The Morgan fingerprint density at radius 1 is 1.17 bits per heavy atom. The van der Waals surface area contributed by atoms with E-state index in [1.54, 1.807) is 12.1 Å². The Kier molecular flexibility index (Phi) is 5.48. The average molecular weight is 351 g/mol. The second kappa shape index (κ2) is 6.87. The third kappa shape index (κ3) is 4.11. The molecule has 2 fully saturated rings. The molecule has 7 heteroatoms. The van der Waals surface area contributed by atoms with E-state index in [0.29, 0.717) is 17.9 Å². The summed E-state index contributed by atoms with van der Waals surface area (Å²) in [5.41, 5.74) is 7.15. The molecule has 0 amide bonds. The van der Waals surface area contributed by atoms with Gasteiger partial charge in [0.25, 0.3) is 0 Å². The lowest BCUT2D eigenvalue weighted by molar-refractivity contribution is -0.274. The van der Waals surface area contributed by atoms with Crippen LogP contribution in [0.1, 0.15) is 31.4 Å². The number of likely N-dealkylation sites (tertiary alicyclic amines) is 1. The molecule has 1 aliphatic carbocycles. The van der Waals surface area contributed by atoms with Crippen LogP contribution < -0.4 is 10.5 Å². The number of nitrogens with zero attached hydrogens (tertiary/aromatic N) is 1. The Morgan fingerprint density at radius 3 is 2.39 bits per heavy atom. The van der Waals surface area contributed by atoms with Gasteiger partial charge in [-0.2, -0.15) is 0 Å². The maximum Gasteiger partial charge on any atom is 0.573 e. The van der Waals surface area contributed by atoms with Crippen molar-refractivity contribution in [2.75, 3.05) is 13.1 Å². The number of fused-ring (bicyclic) bond motifs is 1. The molecule has 0 radical (unpaired) electrons. The van der Waals surface area contributed by atoms with Crippen LogP contribution in [0.5, 0.6) is 5.75 Å². The van der Waals surface area contributed by atoms with Crippen molar-refractivity contribution in [2.24, 2.45) is 17.6 Å². The van der Waals surface area contributed by atoms with Gasteiger partial charge in [-0.1, -0.05) is 12.1 Å². The first-order valence-corrected chi connectivity index (χ1v) is 7.69. The summed E-state index contributed by atoms with van der Waals surface area (Å²) in [6.45, 7) is 4.10. The summed E-state index contributed by atoms with van der Waals surface area (Å²) in [6, 6.07) is 6.64. The summed E-state index contributed by atoms with van der Waals surface area (Å²) in [4.78, 5) is 2.38. The van der Waals surface area contributed by atoms with Gasteiger partial charge < -0.3 is 10.5 Å². The number of hydrogen-bond acceptors (Lipinski definition) is 3. The standard InChI is InChI=1S/C16H21F3N2O.ClH/c1-10(21-8-12-4-7-15(20)14(12)9-21)11-2-5-13(6-3-11)22-16(17,18)19;/h2-3,5-6,10,12,14-15H,4,7-9,20H2,1H3;1H. The molecule has 1 saturated carbocycles. The summed E-state index contributed by atoms with van der Waals surface area (Å²) >= 11 is 0. The predicted octanol–water partition coefficient (Wildman–Crippen LogP) is 3.74. The highest BCUT2D eigenvalue weighted by molar-refractivity contribution is 5.85. The molecule has 2 aliphatic rings. The highest BCUT2D eigenvalue weighted by Gasteiger charge is 2.42. The lowest BCUT2D eigenvalue weighted by Crippen LogP contribution is -2.31. The topological polar surface area (TPSA) is 38.5 Å². The molecular formula is C16H22ClF3N2O. The molecular weight excluding hydrogens is 329 g/mol. The fraction of sp³-hybridized carbons (Fsp3) is 0.625. The minimum atomic E-state index is -4.64. The molecule has 130 valence electrons. The highest BCUT2D eigenvalue weighted by atomic mass is 35.5. The smallest absolute Gasteiger partial charge is 0.406 e. The van der Waals surface area contributed by atoms with E-state index in [9.17, 15) is 13.2 Å². The second-order valence-corrected chi connectivity index (χ2v) is 6.41. The van der Waals surface area contributed by atoms with Crippen LogP contribution in [0.3, 0.4) is 0 Å². The molecule has 3 nitrogen and oxygen atoms in total. The van der Waals surface area contributed by atoms with Crippen LogP contribution in [-0.4, -0.2) is 30.4 Å². The van der Waals surface area contributed by atoms with Gasteiger partial charge in [0.1, 0.15) is 5.75 Å². The fourth-order valence-electron chi connectivity index (χ4n) is 3.82. The zero-order valence-electron chi connectivity index (χ0n) is 12.9. The molecule has 1 heterocycles. The molecule has 0 aromatic heterocycles. The quantitative estimate of drug-likeness (QED) is 0.902. The Hall–Kier alpha value is -0.980. The van der Waals surface area contributed by atoms with E-state index in [4.69, 9.17) is 5.73 Å². The molecule has 0 spiro atoms. The molecule has 1 aromatic carbocycles. The minimum absolute atomic E-state index is 0. The lowest BCUT2D eigenvalue weighted by atomic mass is 9.98. The Bertz CT molecular complexity index is 523. The Morgan fingerprint density at radius 2 is 1.83 bits per heavy atom. The van der Waals surface area contributed by atoms with Crippen molar-refractivity contribution >= 4 is 12.4 Å². The number of nitrogens with two attached hydrogens (primary N) is 1.